The van der Waals surface area contributed by atoms with Crippen LogP contribution < -0.4 is 10.1 Å². The first-order chi connectivity index (χ1) is 9.08. The summed E-state index contributed by atoms with van der Waals surface area (Å²) in [5.41, 5.74) is 0.774. The smallest absolute Gasteiger partial charge is 0.322 e. The van der Waals surface area contributed by atoms with Crippen molar-refractivity contribution in [2.75, 3.05) is 12.4 Å². The maximum absolute atomic E-state index is 13.1. The summed E-state index contributed by atoms with van der Waals surface area (Å²) in [4.78, 5) is 11.7. The molecule has 0 bridgehead atoms. The Hall–Kier alpha value is -1.95. The zero-order valence-electron chi connectivity index (χ0n) is 10.4. The first-order valence-electron chi connectivity index (χ1n) is 5.56. The highest BCUT2D eigenvalue weighted by Crippen LogP contribution is 2.19. The molecule has 0 spiro atoms. The minimum absolute atomic E-state index is 0.0285. The zero-order chi connectivity index (χ0) is 13.8. The molecule has 1 aromatic heterocycles. The maximum Gasteiger partial charge on any atom is 0.322 e. The minimum atomic E-state index is -0.294. The van der Waals surface area contributed by atoms with E-state index in [0.29, 0.717) is 0 Å². The van der Waals surface area contributed by atoms with Crippen LogP contribution in [-0.4, -0.2) is 22.1 Å². The third-order valence-corrected chi connectivity index (χ3v) is 2.63. The van der Waals surface area contributed by atoms with E-state index in [2.05, 4.69) is 20.3 Å². The van der Waals surface area contributed by atoms with E-state index >= 15 is 0 Å². The molecule has 0 aliphatic heterocycles. The van der Waals surface area contributed by atoms with Crippen LogP contribution in [0.2, 0.25) is 5.28 Å². The van der Waals surface area contributed by atoms with Gasteiger partial charge in [0, 0.05) is 0 Å². The summed E-state index contributed by atoms with van der Waals surface area (Å²) < 4.78 is 18.0. The molecule has 0 saturated carbocycles. The van der Waals surface area contributed by atoms with Crippen LogP contribution in [-0.2, 0) is 0 Å². The summed E-state index contributed by atoms with van der Waals surface area (Å²) >= 11 is 5.74. The van der Waals surface area contributed by atoms with Gasteiger partial charge in [-0.15, -0.1) is 0 Å². The van der Waals surface area contributed by atoms with Gasteiger partial charge in [-0.2, -0.15) is 15.0 Å². The quantitative estimate of drug-likeness (QED) is 0.934. The van der Waals surface area contributed by atoms with E-state index in [4.69, 9.17) is 16.3 Å². The molecule has 1 aromatic carbocycles. The van der Waals surface area contributed by atoms with Gasteiger partial charge in [-0.05, 0) is 36.2 Å². The van der Waals surface area contributed by atoms with E-state index in [1.54, 1.807) is 12.1 Å². The van der Waals surface area contributed by atoms with E-state index in [9.17, 15) is 4.39 Å². The molecule has 0 amide bonds. The van der Waals surface area contributed by atoms with E-state index in [0.717, 1.165) is 5.56 Å². The second kappa shape index (κ2) is 5.79. The Bertz CT molecular complexity index is 581. The van der Waals surface area contributed by atoms with E-state index in [-0.39, 0.29) is 29.1 Å². The van der Waals surface area contributed by atoms with Crippen LogP contribution in [0, 0.1) is 5.82 Å². The van der Waals surface area contributed by atoms with Crippen molar-refractivity contribution >= 4 is 17.5 Å². The molecule has 1 N–H and O–H groups in total. The van der Waals surface area contributed by atoms with Crippen LogP contribution in [0.5, 0.6) is 6.01 Å². The van der Waals surface area contributed by atoms with Gasteiger partial charge in [0.25, 0.3) is 0 Å². The number of aromatic nitrogens is 3. The second-order valence-electron chi connectivity index (χ2n) is 3.84. The Morgan fingerprint density at radius 2 is 2.11 bits per heavy atom. The molecule has 19 heavy (non-hydrogen) atoms. The predicted octanol–water partition coefficient (Wildman–Crippen LogP) is 2.85. The first kappa shape index (κ1) is 13.5. The first-order valence-corrected chi connectivity index (χ1v) is 5.94. The van der Waals surface area contributed by atoms with Crippen molar-refractivity contribution in [2.24, 2.45) is 0 Å². The Kier molecular flexibility index (Phi) is 4.11. The number of halogens is 2. The molecule has 7 heteroatoms. The van der Waals surface area contributed by atoms with E-state index in [1.807, 2.05) is 6.92 Å². The molecule has 2 rings (SSSR count). The molecule has 0 aliphatic rings. The number of methoxy groups -OCH3 is 1. The molecule has 0 fully saturated rings. The zero-order valence-corrected chi connectivity index (χ0v) is 11.1. The van der Waals surface area contributed by atoms with Gasteiger partial charge in [0.15, 0.2) is 0 Å². The lowest BCUT2D eigenvalue weighted by Gasteiger charge is -2.14. The van der Waals surface area contributed by atoms with Crippen molar-refractivity contribution in [1.29, 1.82) is 0 Å². The normalized spacial score (nSPS) is 12.0. The van der Waals surface area contributed by atoms with Crippen molar-refractivity contribution in [2.45, 2.75) is 13.0 Å². The van der Waals surface area contributed by atoms with Gasteiger partial charge in [-0.25, -0.2) is 4.39 Å². The molecular weight excluding hydrogens is 271 g/mol. The molecule has 0 aliphatic carbocycles. The third-order valence-electron chi connectivity index (χ3n) is 2.46. The number of hydrogen-bond acceptors (Lipinski definition) is 5. The van der Waals surface area contributed by atoms with Crippen LogP contribution >= 0.6 is 11.6 Å². The van der Waals surface area contributed by atoms with E-state index in [1.165, 1.54) is 19.2 Å². The Morgan fingerprint density at radius 3 is 2.79 bits per heavy atom. The molecule has 5 nitrogen and oxygen atoms in total. The molecule has 2 aromatic rings. The lowest BCUT2D eigenvalue weighted by molar-refractivity contribution is 0.378. The third kappa shape index (κ3) is 3.51. The van der Waals surface area contributed by atoms with Gasteiger partial charge >= 0.3 is 6.01 Å². The van der Waals surface area contributed by atoms with Crippen molar-refractivity contribution in [3.05, 3.63) is 40.9 Å². The molecule has 0 radical (unpaired) electrons. The number of benzene rings is 1. The molecule has 100 valence electrons. The highest BCUT2D eigenvalue weighted by molar-refractivity contribution is 6.28. The van der Waals surface area contributed by atoms with Crippen molar-refractivity contribution in [3.63, 3.8) is 0 Å². The van der Waals surface area contributed by atoms with Gasteiger partial charge in [0.2, 0.25) is 11.2 Å². The van der Waals surface area contributed by atoms with Gasteiger partial charge in [0.05, 0.1) is 13.2 Å². The SMILES string of the molecule is COc1nc(Cl)nc(NC(C)c2cccc(F)c2)n1. The number of nitrogens with zero attached hydrogens (tertiary/aromatic N) is 3. The van der Waals surface area contributed by atoms with Crippen LogP contribution in [0.15, 0.2) is 24.3 Å². The number of hydrogen-bond donors (Lipinski definition) is 1. The Balaban J connectivity index is 2.18. The molecule has 1 atom stereocenters. The van der Waals surface area contributed by atoms with Crippen LogP contribution in [0.3, 0.4) is 0 Å². The van der Waals surface area contributed by atoms with Gasteiger partial charge < -0.3 is 10.1 Å². The number of nitrogens with one attached hydrogen (secondary N) is 1. The fourth-order valence-corrected chi connectivity index (χ4v) is 1.69. The number of anilines is 1. The summed E-state index contributed by atoms with van der Waals surface area (Å²) in [5, 5.41) is 3.04. The average molecular weight is 283 g/mol. The summed E-state index contributed by atoms with van der Waals surface area (Å²) in [5.74, 6) is -0.0222. The second-order valence-corrected chi connectivity index (χ2v) is 4.17. The van der Waals surface area contributed by atoms with Gasteiger partial charge in [0.1, 0.15) is 5.82 Å². The van der Waals surface area contributed by atoms with Gasteiger partial charge in [-0.3, -0.25) is 0 Å². The summed E-state index contributed by atoms with van der Waals surface area (Å²) in [6.07, 6.45) is 0. The fraction of sp³-hybridized carbons (Fsp3) is 0.250. The fourth-order valence-electron chi connectivity index (χ4n) is 1.54. The molecule has 1 unspecified atom stereocenters. The molecule has 0 saturated heterocycles. The van der Waals surface area contributed by atoms with Crippen LogP contribution in [0.4, 0.5) is 10.3 Å². The standard InChI is InChI=1S/C12H12ClFN4O/c1-7(8-4-3-5-9(14)6-8)15-11-16-10(13)17-12(18-11)19-2/h3-7H,1-2H3,(H,15,16,17,18). The molecule has 1 heterocycles. The van der Waals surface area contributed by atoms with Crippen molar-refractivity contribution in [1.82, 2.24) is 15.0 Å². The maximum atomic E-state index is 13.1. The van der Waals surface area contributed by atoms with Crippen molar-refractivity contribution in [3.8, 4) is 6.01 Å². The largest absolute Gasteiger partial charge is 0.467 e. The summed E-state index contributed by atoms with van der Waals surface area (Å²) in [6, 6.07) is 6.22. The summed E-state index contributed by atoms with van der Waals surface area (Å²) in [7, 11) is 1.44. The Morgan fingerprint density at radius 1 is 1.32 bits per heavy atom. The van der Waals surface area contributed by atoms with Crippen molar-refractivity contribution < 1.29 is 9.13 Å². The lowest BCUT2D eigenvalue weighted by atomic mass is 10.1. The summed E-state index contributed by atoms with van der Waals surface area (Å²) in [6.45, 7) is 1.86. The van der Waals surface area contributed by atoms with E-state index < -0.39 is 0 Å². The topological polar surface area (TPSA) is 59.9 Å². The Labute approximate surface area is 114 Å². The monoisotopic (exact) mass is 282 g/mol. The number of ether oxygens (including phenoxy) is 1. The minimum Gasteiger partial charge on any atom is -0.467 e. The van der Waals surface area contributed by atoms with Crippen LogP contribution in [0.25, 0.3) is 0 Å². The predicted molar refractivity (Wildman–Crippen MR) is 69.8 cm³/mol. The molecular formula is C12H12ClFN4O. The van der Waals surface area contributed by atoms with Crippen LogP contribution in [0.1, 0.15) is 18.5 Å². The average Bonchev–Trinajstić information content (AvgIpc) is 2.38. The lowest BCUT2D eigenvalue weighted by Crippen LogP contribution is -2.11. The number of rotatable bonds is 4. The highest BCUT2D eigenvalue weighted by Gasteiger charge is 2.10. The van der Waals surface area contributed by atoms with Gasteiger partial charge in [-0.1, -0.05) is 12.1 Å². The highest BCUT2D eigenvalue weighted by atomic mass is 35.5.